The number of halogens is 2. The number of ketones is 1. The number of aldehydes is 1. The first-order valence-electron chi connectivity index (χ1n) is 5.91. The smallest absolute Gasteiger partial charge is 0.226 e. The second-order valence-electron chi connectivity index (χ2n) is 4.46. The molecule has 3 aromatic carbocycles. The number of Topliss-reactive ketones (excluding diaryl/α,β-unsaturated/α-hetero) is 1. The SMILES string of the molecule is O=CC(=O)c1c2ccc(I)cc2cc2cc(I)ccc12. The van der Waals surface area contributed by atoms with Crippen LogP contribution in [0.1, 0.15) is 10.4 Å². The molecule has 0 N–H and O–H groups in total. The molecular formula is C16H8I2O2. The molecule has 0 aliphatic carbocycles. The van der Waals surface area contributed by atoms with Crippen molar-refractivity contribution in [2.75, 3.05) is 0 Å². The van der Waals surface area contributed by atoms with Crippen LogP contribution in [0.5, 0.6) is 0 Å². The van der Waals surface area contributed by atoms with Crippen LogP contribution in [0.15, 0.2) is 42.5 Å². The van der Waals surface area contributed by atoms with Gasteiger partial charge in [-0.25, -0.2) is 0 Å². The van der Waals surface area contributed by atoms with Gasteiger partial charge in [-0.1, -0.05) is 12.1 Å². The first-order valence-corrected chi connectivity index (χ1v) is 8.07. The number of carbonyl (C=O) groups is 2. The van der Waals surface area contributed by atoms with Crippen molar-refractivity contribution in [1.82, 2.24) is 0 Å². The summed E-state index contributed by atoms with van der Waals surface area (Å²) in [7, 11) is 0. The normalized spacial score (nSPS) is 10.9. The molecule has 0 spiro atoms. The van der Waals surface area contributed by atoms with Crippen molar-refractivity contribution < 1.29 is 9.59 Å². The monoisotopic (exact) mass is 486 g/mol. The van der Waals surface area contributed by atoms with Gasteiger partial charge >= 0.3 is 0 Å². The van der Waals surface area contributed by atoms with E-state index in [1.54, 1.807) is 0 Å². The lowest BCUT2D eigenvalue weighted by Gasteiger charge is -2.09. The van der Waals surface area contributed by atoms with Crippen LogP contribution in [0, 0.1) is 7.14 Å². The van der Waals surface area contributed by atoms with Crippen LogP contribution in [0.25, 0.3) is 21.5 Å². The summed E-state index contributed by atoms with van der Waals surface area (Å²) in [4.78, 5) is 23.0. The van der Waals surface area contributed by atoms with Crippen LogP contribution in [0.4, 0.5) is 0 Å². The molecular weight excluding hydrogens is 478 g/mol. The molecule has 0 aliphatic rings. The van der Waals surface area contributed by atoms with E-state index < -0.39 is 5.78 Å². The lowest BCUT2D eigenvalue weighted by molar-refractivity contribution is -0.104. The topological polar surface area (TPSA) is 34.1 Å². The Kier molecular flexibility index (Phi) is 3.76. The zero-order chi connectivity index (χ0) is 14.3. The van der Waals surface area contributed by atoms with E-state index in [4.69, 9.17) is 0 Å². The van der Waals surface area contributed by atoms with E-state index in [0.717, 1.165) is 28.7 Å². The maximum Gasteiger partial charge on any atom is 0.226 e. The Morgan fingerprint density at radius 3 is 1.80 bits per heavy atom. The van der Waals surface area contributed by atoms with E-state index in [9.17, 15) is 9.59 Å². The number of fused-ring (bicyclic) bond motifs is 2. The van der Waals surface area contributed by atoms with Gasteiger partial charge in [-0.3, -0.25) is 9.59 Å². The van der Waals surface area contributed by atoms with Gasteiger partial charge in [0, 0.05) is 12.7 Å². The highest BCUT2D eigenvalue weighted by molar-refractivity contribution is 14.1. The highest BCUT2D eigenvalue weighted by atomic mass is 127. The molecule has 2 nitrogen and oxygen atoms in total. The molecule has 0 fully saturated rings. The standard InChI is InChI=1S/C16H8I2O2/c17-11-1-3-13-9(6-11)5-10-7-12(18)2-4-14(10)16(13)15(20)8-19/h1-8H. The molecule has 3 aromatic rings. The number of carbonyl (C=O) groups excluding carboxylic acids is 2. The zero-order valence-electron chi connectivity index (χ0n) is 10.2. The van der Waals surface area contributed by atoms with Crippen LogP contribution in [-0.4, -0.2) is 12.1 Å². The lowest BCUT2D eigenvalue weighted by Crippen LogP contribution is -2.02. The summed E-state index contributed by atoms with van der Waals surface area (Å²) in [5, 5.41) is 3.63. The summed E-state index contributed by atoms with van der Waals surface area (Å²) in [5.41, 5.74) is 0.500. The average molecular weight is 486 g/mol. The molecule has 20 heavy (non-hydrogen) atoms. The van der Waals surface area contributed by atoms with Crippen molar-refractivity contribution in [1.29, 1.82) is 0 Å². The number of hydrogen-bond acceptors (Lipinski definition) is 2. The van der Waals surface area contributed by atoms with E-state index in [1.165, 1.54) is 0 Å². The second-order valence-corrected chi connectivity index (χ2v) is 6.96. The molecule has 0 saturated carbocycles. The fraction of sp³-hybridized carbons (Fsp3) is 0. The predicted molar refractivity (Wildman–Crippen MR) is 97.3 cm³/mol. The van der Waals surface area contributed by atoms with Crippen LogP contribution < -0.4 is 0 Å². The molecule has 3 rings (SSSR count). The summed E-state index contributed by atoms with van der Waals surface area (Å²) < 4.78 is 2.20. The number of hydrogen-bond donors (Lipinski definition) is 0. The molecule has 0 saturated heterocycles. The van der Waals surface area contributed by atoms with Gasteiger partial charge in [-0.2, -0.15) is 0 Å². The highest BCUT2D eigenvalue weighted by Gasteiger charge is 2.14. The third-order valence-corrected chi connectivity index (χ3v) is 4.57. The van der Waals surface area contributed by atoms with Crippen LogP contribution in [0.2, 0.25) is 0 Å². The molecule has 0 atom stereocenters. The highest BCUT2D eigenvalue weighted by Crippen LogP contribution is 2.30. The zero-order valence-corrected chi connectivity index (χ0v) is 14.5. The van der Waals surface area contributed by atoms with Gasteiger partial charge in [0.1, 0.15) is 0 Å². The van der Waals surface area contributed by atoms with Gasteiger partial charge in [0.25, 0.3) is 0 Å². The van der Waals surface area contributed by atoms with Gasteiger partial charge in [-0.05, 0) is 97.1 Å². The number of benzene rings is 3. The quantitative estimate of drug-likeness (QED) is 0.175. The third kappa shape index (κ3) is 2.35. The van der Waals surface area contributed by atoms with E-state index in [-0.39, 0.29) is 0 Å². The van der Waals surface area contributed by atoms with E-state index in [2.05, 4.69) is 51.2 Å². The average Bonchev–Trinajstić information content (AvgIpc) is 2.43. The molecule has 0 unspecified atom stereocenters. The largest absolute Gasteiger partial charge is 0.294 e. The fourth-order valence-corrected chi connectivity index (χ4v) is 3.43. The minimum atomic E-state index is -0.469. The van der Waals surface area contributed by atoms with Crippen molar-refractivity contribution in [2.24, 2.45) is 0 Å². The Balaban J connectivity index is 2.55. The molecule has 0 radical (unpaired) electrons. The molecule has 4 heteroatoms. The molecule has 0 bridgehead atoms. The first-order chi connectivity index (χ1) is 9.60. The van der Waals surface area contributed by atoms with Crippen molar-refractivity contribution >= 4 is 78.8 Å². The molecule has 0 aromatic heterocycles. The predicted octanol–water partition coefficient (Wildman–Crippen LogP) is 4.58. The van der Waals surface area contributed by atoms with Crippen molar-refractivity contribution in [2.45, 2.75) is 0 Å². The van der Waals surface area contributed by atoms with Crippen LogP contribution >= 0.6 is 45.2 Å². The van der Waals surface area contributed by atoms with Gasteiger partial charge in [0.2, 0.25) is 5.78 Å². The summed E-state index contributed by atoms with van der Waals surface area (Å²) >= 11 is 4.48. The van der Waals surface area contributed by atoms with Crippen molar-refractivity contribution in [3.63, 3.8) is 0 Å². The van der Waals surface area contributed by atoms with E-state index in [0.29, 0.717) is 11.8 Å². The minimum absolute atomic E-state index is 0.393. The molecule has 0 heterocycles. The Labute approximate surface area is 142 Å². The number of rotatable bonds is 2. The second kappa shape index (κ2) is 5.40. The summed E-state index contributed by atoms with van der Waals surface area (Å²) in [6, 6.07) is 13.8. The van der Waals surface area contributed by atoms with Gasteiger partial charge in [-0.15, -0.1) is 0 Å². The molecule has 98 valence electrons. The Morgan fingerprint density at radius 2 is 1.35 bits per heavy atom. The molecule has 0 aliphatic heterocycles. The maximum atomic E-state index is 12.0. The maximum absolute atomic E-state index is 12.0. The van der Waals surface area contributed by atoms with Gasteiger partial charge in [0.15, 0.2) is 6.29 Å². The summed E-state index contributed by atoms with van der Waals surface area (Å²) in [6.45, 7) is 0. The summed E-state index contributed by atoms with van der Waals surface area (Å²) in [6.07, 6.45) is 0.393. The first kappa shape index (κ1) is 13.9. The van der Waals surface area contributed by atoms with Crippen LogP contribution in [-0.2, 0) is 4.79 Å². The minimum Gasteiger partial charge on any atom is -0.294 e. The third-order valence-electron chi connectivity index (χ3n) is 3.23. The van der Waals surface area contributed by atoms with Gasteiger partial charge < -0.3 is 0 Å². The van der Waals surface area contributed by atoms with Crippen molar-refractivity contribution in [3.8, 4) is 0 Å². The van der Waals surface area contributed by atoms with Crippen molar-refractivity contribution in [3.05, 3.63) is 55.2 Å². The van der Waals surface area contributed by atoms with Crippen LogP contribution in [0.3, 0.4) is 0 Å². The van der Waals surface area contributed by atoms with Gasteiger partial charge in [0.05, 0.1) is 0 Å². The van der Waals surface area contributed by atoms with E-state index in [1.807, 2.05) is 36.4 Å². The van der Waals surface area contributed by atoms with E-state index >= 15 is 0 Å². The Hall–Kier alpha value is -1.02. The Bertz CT molecular complexity index is 809. The summed E-state index contributed by atoms with van der Waals surface area (Å²) in [5.74, 6) is -0.469. The lowest BCUT2D eigenvalue weighted by atomic mass is 9.95. The fourth-order valence-electron chi connectivity index (χ4n) is 2.40. The Morgan fingerprint density at radius 1 is 0.850 bits per heavy atom. The molecule has 0 amide bonds.